The summed E-state index contributed by atoms with van der Waals surface area (Å²) in [4.78, 5) is 25.6. The van der Waals surface area contributed by atoms with Gasteiger partial charge in [-0.05, 0) is 70.1 Å². The summed E-state index contributed by atoms with van der Waals surface area (Å²) in [7, 11) is 0. The van der Waals surface area contributed by atoms with Crippen LogP contribution >= 0.6 is 22.9 Å². The average molecular weight is 554 g/mol. The molecule has 5 rings (SSSR count). The molecule has 5 aromatic rings. The standard InChI is InChI=1S/C32H24ClNO4S/c33-24-12-13-30(38-20-21-7-2-1-3-8-21)29(18-24)28-11-5-4-10-27(28)22-15-23(32(36)37)17-25(16-22)34-31(35)19-26-9-6-14-39-26/h1-18H,19-20H2,(H,34,35)(H,36,37). The smallest absolute Gasteiger partial charge is 0.335 e. The summed E-state index contributed by atoms with van der Waals surface area (Å²) < 4.78 is 6.20. The van der Waals surface area contributed by atoms with Crippen LogP contribution in [-0.2, 0) is 17.8 Å². The highest BCUT2D eigenvalue weighted by Gasteiger charge is 2.16. The number of anilines is 1. The molecule has 0 saturated carbocycles. The van der Waals surface area contributed by atoms with Crippen LogP contribution in [0.1, 0.15) is 20.8 Å². The molecule has 0 aliphatic heterocycles. The third-order valence-electron chi connectivity index (χ3n) is 6.09. The number of nitrogens with one attached hydrogen (secondary N) is 1. The third kappa shape index (κ3) is 6.55. The topological polar surface area (TPSA) is 75.6 Å². The van der Waals surface area contributed by atoms with Gasteiger partial charge in [0, 0.05) is 21.2 Å². The zero-order valence-electron chi connectivity index (χ0n) is 20.8. The van der Waals surface area contributed by atoms with Crippen LogP contribution < -0.4 is 10.1 Å². The molecule has 0 bridgehead atoms. The molecular formula is C32H24ClNO4S. The lowest BCUT2D eigenvalue weighted by Gasteiger charge is -2.17. The van der Waals surface area contributed by atoms with E-state index in [1.807, 2.05) is 84.2 Å². The second-order valence-corrected chi connectivity index (χ2v) is 10.3. The third-order valence-corrected chi connectivity index (χ3v) is 7.20. The van der Waals surface area contributed by atoms with E-state index in [2.05, 4.69) is 5.32 Å². The molecule has 0 saturated heterocycles. The predicted octanol–water partition coefficient (Wildman–Crippen LogP) is 8.19. The molecule has 1 amide bonds. The molecule has 194 valence electrons. The Kier molecular flexibility index (Phi) is 8.06. The highest BCUT2D eigenvalue weighted by atomic mass is 35.5. The zero-order chi connectivity index (χ0) is 27.2. The fraction of sp³-hybridized carbons (Fsp3) is 0.0625. The maximum absolute atomic E-state index is 12.7. The van der Waals surface area contributed by atoms with Gasteiger partial charge in [0.2, 0.25) is 5.91 Å². The minimum Gasteiger partial charge on any atom is -0.488 e. The van der Waals surface area contributed by atoms with Crippen molar-refractivity contribution >= 4 is 40.5 Å². The van der Waals surface area contributed by atoms with Gasteiger partial charge in [-0.2, -0.15) is 0 Å². The number of hydrogen-bond donors (Lipinski definition) is 2. The molecule has 0 spiro atoms. The van der Waals surface area contributed by atoms with Crippen LogP contribution in [0.3, 0.4) is 0 Å². The molecule has 0 radical (unpaired) electrons. The number of amides is 1. The second-order valence-electron chi connectivity index (χ2n) is 8.87. The van der Waals surface area contributed by atoms with Gasteiger partial charge in [0.1, 0.15) is 12.4 Å². The van der Waals surface area contributed by atoms with E-state index < -0.39 is 5.97 Å². The maximum Gasteiger partial charge on any atom is 0.335 e. The number of halogens is 1. The number of hydrogen-bond acceptors (Lipinski definition) is 4. The summed E-state index contributed by atoms with van der Waals surface area (Å²) in [5.74, 6) is -0.655. The van der Waals surface area contributed by atoms with Gasteiger partial charge in [0.05, 0.1) is 12.0 Å². The van der Waals surface area contributed by atoms with E-state index in [4.69, 9.17) is 16.3 Å². The molecule has 39 heavy (non-hydrogen) atoms. The molecule has 7 heteroatoms. The van der Waals surface area contributed by atoms with Crippen molar-refractivity contribution in [2.45, 2.75) is 13.0 Å². The van der Waals surface area contributed by atoms with Crippen molar-refractivity contribution in [1.29, 1.82) is 0 Å². The molecule has 1 aromatic heterocycles. The molecule has 0 aliphatic rings. The first kappa shape index (κ1) is 26.2. The lowest BCUT2D eigenvalue weighted by molar-refractivity contribution is -0.115. The second kappa shape index (κ2) is 12.0. The normalized spacial score (nSPS) is 10.7. The number of ether oxygens (including phenoxy) is 1. The molecule has 0 atom stereocenters. The van der Waals surface area contributed by atoms with Crippen molar-refractivity contribution in [2.75, 3.05) is 5.32 Å². The monoisotopic (exact) mass is 553 g/mol. The molecule has 0 aliphatic carbocycles. The summed E-state index contributed by atoms with van der Waals surface area (Å²) in [6.45, 7) is 0.382. The summed E-state index contributed by atoms with van der Waals surface area (Å²) in [5.41, 5.74) is 4.53. The van der Waals surface area contributed by atoms with Gasteiger partial charge >= 0.3 is 5.97 Å². The molecule has 5 nitrogen and oxygen atoms in total. The van der Waals surface area contributed by atoms with E-state index in [0.717, 1.165) is 27.1 Å². The fourth-order valence-electron chi connectivity index (χ4n) is 4.30. The number of benzene rings is 4. The number of rotatable bonds is 9. The molecule has 4 aromatic carbocycles. The van der Waals surface area contributed by atoms with E-state index in [-0.39, 0.29) is 17.9 Å². The molecule has 0 unspecified atom stereocenters. The lowest BCUT2D eigenvalue weighted by Crippen LogP contribution is -2.14. The van der Waals surface area contributed by atoms with Gasteiger partial charge < -0.3 is 15.2 Å². The summed E-state index contributed by atoms with van der Waals surface area (Å²) >= 11 is 7.91. The molecule has 0 fully saturated rings. The summed E-state index contributed by atoms with van der Waals surface area (Å²) in [6, 6.07) is 31.6. The van der Waals surface area contributed by atoms with Crippen LogP contribution in [0.5, 0.6) is 5.75 Å². The largest absolute Gasteiger partial charge is 0.488 e. The summed E-state index contributed by atoms with van der Waals surface area (Å²) in [6.07, 6.45) is 0.214. The zero-order valence-corrected chi connectivity index (χ0v) is 22.3. The van der Waals surface area contributed by atoms with E-state index >= 15 is 0 Å². The van der Waals surface area contributed by atoms with E-state index in [0.29, 0.717) is 28.6 Å². The number of aromatic carboxylic acids is 1. The summed E-state index contributed by atoms with van der Waals surface area (Å²) in [5, 5.41) is 15.1. The minimum atomic E-state index is -1.09. The quantitative estimate of drug-likeness (QED) is 0.193. The number of carbonyl (C=O) groups is 2. The highest BCUT2D eigenvalue weighted by Crippen LogP contribution is 2.40. The number of carboxylic acid groups (broad SMARTS) is 1. The van der Waals surface area contributed by atoms with Gasteiger partial charge in [-0.25, -0.2) is 4.79 Å². The highest BCUT2D eigenvalue weighted by molar-refractivity contribution is 7.10. The van der Waals surface area contributed by atoms with Crippen LogP contribution in [0.2, 0.25) is 5.02 Å². The maximum atomic E-state index is 12.7. The van der Waals surface area contributed by atoms with Crippen molar-refractivity contribution in [3.8, 4) is 28.0 Å². The molecular weight excluding hydrogens is 530 g/mol. The number of carbonyl (C=O) groups excluding carboxylic acids is 1. The van der Waals surface area contributed by atoms with Crippen LogP contribution in [0.25, 0.3) is 22.3 Å². The first-order valence-electron chi connectivity index (χ1n) is 12.2. The number of carboxylic acids is 1. The molecule has 1 heterocycles. The average Bonchev–Trinajstić information content (AvgIpc) is 3.45. The van der Waals surface area contributed by atoms with Gasteiger partial charge in [0.15, 0.2) is 0 Å². The first-order chi connectivity index (χ1) is 19.0. The van der Waals surface area contributed by atoms with Crippen LogP contribution in [0.4, 0.5) is 5.69 Å². The minimum absolute atomic E-state index is 0.0698. The van der Waals surface area contributed by atoms with Crippen LogP contribution in [0, 0.1) is 0 Å². The SMILES string of the molecule is O=C(Cc1cccs1)Nc1cc(C(=O)O)cc(-c2ccccc2-c2cc(Cl)ccc2OCc2ccccc2)c1. The van der Waals surface area contributed by atoms with Gasteiger partial charge in [-0.15, -0.1) is 11.3 Å². The van der Waals surface area contributed by atoms with E-state index in [1.165, 1.54) is 17.4 Å². The van der Waals surface area contributed by atoms with Crippen molar-refractivity contribution < 1.29 is 19.4 Å². The van der Waals surface area contributed by atoms with Crippen molar-refractivity contribution in [1.82, 2.24) is 0 Å². The Morgan fingerprint density at radius 2 is 1.59 bits per heavy atom. The van der Waals surface area contributed by atoms with Crippen molar-refractivity contribution in [3.63, 3.8) is 0 Å². The Morgan fingerprint density at radius 3 is 2.33 bits per heavy atom. The van der Waals surface area contributed by atoms with Crippen LogP contribution in [0.15, 0.2) is 109 Å². The van der Waals surface area contributed by atoms with Gasteiger partial charge in [-0.1, -0.05) is 72.3 Å². The Labute approximate surface area is 235 Å². The van der Waals surface area contributed by atoms with Crippen molar-refractivity contribution in [2.24, 2.45) is 0 Å². The fourth-order valence-corrected chi connectivity index (χ4v) is 5.17. The Balaban J connectivity index is 1.52. The first-order valence-corrected chi connectivity index (χ1v) is 13.5. The lowest BCUT2D eigenvalue weighted by atomic mass is 9.92. The van der Waals surface area contributed by atoms with Gasteiger partial charge in [-0.3, -0.25) is 4.79 Å². The molecule has 2 N–H and O–H groups in total. The number of thiophene rings is 1. The van der Waals surface area contributed by atoms with E-state index in [9.17, 15) is 14.7 Å². The predicted molar refractivity (Wildman–Crippen MR) is 157 cm³/mol. The Hall–Kier alpha value is -4.39. The van der Waals surface area contributed by atoms with Crippen LogP contribution in [-0.4, -0.2) is 17.0 Å². The Morgan fingerprint density at radius 1 is 0.821 bits per heavy atom. The van der Waals surface area contributed by atoms with E-state index in [1.54, 1.807) is 18.2 Å². The Bertz CT molecular complexity index is 1620. The van der Waals surface area contributed by atoms with Crippen molar-refractivity contribution in [3.05, 3.63) is 130 Å². The van der Waals surface area contributed by atoms with Gasteiger partial charge in [0.25, 0.3) is 0 Å².